The number of nitrogens with zero attached hydrogens (tertiary/aromatic N) is 1. The van der Waals surface area contributed by atoms with Crippen LogP contribution in [0.5, 0.6) is 5.75 Å². The maximum atomic E-state index is 12.2. The Bertz CT molecular complexity index is 650. The van der Waals surface area contributed by atoms with E-state index in [4.69, 9.17) is 0 Å². The highest BCUT2D eigenvalue weighted by molar-refractivity contribution is 6.16. The van der Waals surface area contributed by atoms with Crippen LogP contribution in [0, 0.1) is 0 Å². The quantitative estimate of drug-likeness (QED) is 0.813. The lowest BCUT2D eigenvalue weighted by molar-refractivity contribution is 0.104. The second-order valence-electron chi connectivity index (χ2n) is 4.27. The lowest BCUT2D eigenvalue weighted by atomic mass is 10.1. The summed E-state index contributed by atoms with van der Waals surface area (Å²) in [7, 11) is 0. The van der Waals surface area contributed by atoms with Gasteiger partial charge in [-0.1, -0.05) is 18.2 Å². The third kappa shape index (κ3) is 2.37. The topological polar surface area (TPSA) is 50.2 Å². The van der Waals surface area contributed by atoms with E-state index < -0.39 is 0 Å². The van der Waals surface area contributed by atoms with Gasteiger partial charge < -0.3 is 5.11 Å². The molecule has 0 saturated carbocycles. The van der Waals surface area contributed by atoms with Gasteiger partial charge >= 0.3 is 0 Å². The van der Waals surface area contributed by atoms with Crippen LogP contribution in [-0.2, 0) is 6.42 Å². The molecule has 0 aliphatic heterocycles. The van der Waals surface area contributed by atoms with E-state index in [2.05, 4.69) is 4.98 Å². The minimum atomic E-state index is -0.00949. The first-order valence-electron chi connectivity index (χ1n) is 5.72. The average Bonchev–Trinajstić information content (AvgIpc) is 2.70. The Morgan fingerprint density at radius 1 is 1.21 bits per heavy atom. The zero-order valence-corrected chi connectivity index (χ0v) is 10.9. The van der Waals surface area contributed by atoms with Crippen molar-refractivity contribution < 1.29 is 9.90 Å². The molecule has 3 rings (SSSR count). The van der Waals surface area contributed by atoms with Gasteiger partial charge in [-0.15, -0.1) is 12.4 Å². The normalized spacial score (nSPS) is 15.2. The highest BCUT2D eigenvalue weighted by atomic mass is 35.5. The number of hydrogen-bond donors (Lipinski definition) is 1. The number of hydrogen-bond acceptors (Lipinski definition) is 3. The van der Waals surface area contributed by atoms with Crippen molar-refractivity contribution in [2.45, 2.75) is 6.42 Å². The van der Waals surface area contributed by atoms with E-state index in [0.29, 0.717) is 17.6 Å². The molecule has 0 radical (unpaired) electrons. The summed E-state index contributed by atoms with van der Waals surface area (Å²) >= 11 is 0. The molecule has 3 nitrogen and oxygen atoms in total. The van der Waals surface area contributed by atoms with Crippen molar-refractivity contribution in [2.75, 3.05) is 0 Å². The summed E-state index contributed by atoms with van der Waals surface area (Å²) in [6.45, 7) is 0. The van der Waals surface area contributed by atoms with Crippen LogP contribution in [0.15, 0.2) is 48.3 Å². The van der Waals surface area contributed by atoms with E-state index in [1.807, 2.05) is 18.2 Å². The molecule has 0 amide bonds. The van der Waals surface area contributed by atoms with Crippen LogP contribution < -0.4 is 0 Å². The van der Waals surface area contributed by atoms with E-state index in [-0.39, 0.29) is 23.9 Å². The van der Waals surface area contributed by atoms with Crippen LogP contribution >= 0.6 is 12.4 Å². The zero-order valence-electron chi connectivity index (χ0n) is 10.0. The highest BCUT2D eigenvalue weighted by Gasteiger charge is 2.26. The van der Waals surface area contributed by atoms with E-state index in [1.54, 1.807) is 30.6 Å². The van der Waals surface area contributed by atoms with Crippen molar-refractivity contribution >= 4 is 24.3 Å². The number of allylic oxidation sites excluding steroid dienone is 1. The van der Waals surface area contributed by atoms with Crippen LogP contribution in [0.3, 0.4) is 0 Å². The second-order valence-corrected chi connectivity index (χ2v) is 4.27. The van der Waals surface area contributed by atoms with E-state index in [0.717, 1.165) is 11.1 Å². The fourth-order valence-electron chi connectivity index (χ4n) is 2.20. The number of aromatic hydroxyl groups is 1. The molecule has 0 atom stereocenters. The van der Waals surface area contributed by atoms with Crippen LogP contribution in [0.2, 0.25) is 0 Å². The number of carbonyl (C=O) groups excluding carboxylic acids is 1. The maximum Gasteiger partial charge on any atom is 0.189 e. The third-order valence-corrected chi connectivity index (χ3v) is 3.08. The molecule has 4 heteroatoms. The van der Waals surface area contributed by atoms with Crippen molar-refractivity contribution in [3.63, 3.8) is 0 Å². The van der Waals surface area contributed by atoms with Gasteiger partial charge in [-0.25, -0.2) is 0 Å². The molecule has 0 fully saturated rings. The summed E-state index contributed by atoms with van der Waals surface area (Å²) < 4.78 is 0. The van der Waals surface area contributed by atoms with Crippen LogP contribution in [0.25, 0.3) is 6.08 Å². The predicted octanol–water partition coefficient (Wildman–Crippen LogP) is 3.03. The molecular weight excluding hydrogens is 262 g/mol. The number of halogens is 1. The fourth-order valence-corrected chi connectivity index (χ4v) is 2.20. The first kappa shape index (κ1) is 13.3. The summed E-state index contributed by atoms with van der Waals surface area (Å²) in [5.74, 6) is 0.181. The molecule has 1 heterocycles. The van der Waals surface area contributed by atoms with Crippen LogP contribution in [0.4, 0.5) is 0 Å². The lowest BCUT2D eigenvalue weighted by Gasteiger charge is -1.97. The second kappa shape index (κ2) is 5.24. The third-order valence-electron chi connectivity index (χ3n) is 3.08. The number of carbonyl (C=O) groups is 1. The molecule has 1 aliphatic rings. The van der Waals surface area contributed by atoms with E-state index in [1.165, 1.54) is 0 Å². The number of fused-ring (bicyclic) bond motifs is 1. The maximum absolute atomic E-state index is 12.2. The first-order chi connectivity index (χ1) is 8.75. The van der Waals surface area contributed by atoms with Gasteiger partial charge in [-0.2, -0.15) is 0 Å². The molecular formula is C15H12ClNO2. The Labute approximate surface area is 117 Å². The molecule has 96 valence electrons. The number of phenols is 1. The minimum absolute atomic E-state index is 0. The Kier molecular flexibility index (Phi) is 3.67. The molecule has 1 N–H and O–H groups in total. The SMILES string of the molecule is Cl.O=C1/C(=C/c2cccnc2)Cc2c(O)cccc21. The summed E-state index contributed by atoms with van der Waals surface area (Å²) in [5.41, 5.74) is 2.91. The standard InChI is InChI=1S/C15H11NO2.ClH/c17-14-5-1-4-12-13(14)8-11(15(12)18)7-10-3-2-6-16-9-10;/h1-7,9,17H,8H2;1H/b11-7+;. The number of benzene rings is 1. The van der Waals surface area contributed by atoms with Gasteiger partial charge in [-0.3, -0.25) is 9.78 Å². The Balaban J connectivity index is 0.00000133. The first-order valence-corrected chi connectivity index (χ1v) is 5.72. The average molecular weight is 274 g/mol. The fraction of sp³-hybridized carbons (Fsp3) is 0.0667. The van der Waals surface area contributed by atoms with Gasteiger partial charge in [0.25, 0.3) is 0 Å². The van der Waals surface area contributed by atoms with E-state index >= 15 is 0 Å². The summed E-state index contributed by atoms with van der Waals surface area (Å²) in [6, 6.07) is 8.78. The van der Waals surface area contributed by atoms with Gasteiger partial charge in [0.1, 0.15) is 5.75 Å². The summed E-state index contributed by atoms with van der Waals surface area (Å²) in [5, 5.41) is 9.74. The number of rotatable bonds is 1. The van der Waals surface area contributed by atoms with Gasteiger partial charge in [0.15, 0.2) is 5.78 Å². The Hall–Kier alpha value is -2.13. The van der Waals surface area contributed by atoms with E-state index in [9.17, 15) is 9.90 Å². The molecule has 2 aromatic rings. The smallest absolute Gasteiger partial charge is 0.189 e. The highest BCUT2D eigenvalue weighted by Crippen LogP contribution is 2.33. The van der Waals surface area contributed by atoms with Gasteiger partial charge in [0, 0.05) is 35.5 Å². The number of ketones is 1. The molecule has 0 bridgehead atoms. The van der Waals surface area contributed by atoms with Gasteiger partial charge in [0.2, 0.25) is 0 Å². The largest absolute Gasteiger partial charge is 0.508 e. The predicted molar refractivity (Wildman–Crippen MR) is 75.6 cm³/mol. The Morgan fingerprint density at radius 3 is 2.74 bits per heavy atom. The summed E-state index contributed by atoms with van der Waals surface area (Å²) in [6.07, 6.45) is 5.71. The number of aromatic nitrogens is 1. The van der Waals surface area contributed by atoms with Crippen molar-refractivity contribution in [2.24, 2.45) is 0 Å². The molecule has 1 aromatic heterocycles. The van der Waals surface area contributed by atoms with Crippen LogP contribution in [-0.4, -0.2) is 15.9 Å². The minimum Gasteiger partial charge on any atom is -0.508 e. The molecule has 1 aromatic carbocycles. The van der Waals surface area contributed by atoms with Crippen molar-refractivity contribution in [1.29, 1.82) is 0 Å². The molecule has 1 aliphatic carbocycles. The molecule has 0 spiro atoms. The number of pyridine rings is 1. The molecule has 19 heavy (non-hydrogen) atoms. The van der Waals surface area contributed by atoms with Crippen molar-refractivity contribution in [3.05, 3.63) is 65.0 Å². The number of phenolic OH excluding ortho intramolecular Hbond substituents is 1. The van der Waals surface area contributed by atoms with Crippen molar-refractivity contribution in [1.82, 2.24) is 4.98 Å². The van der Waals surface area contributed by atoms with Gasteiger partial charge in [0.05, 0.1) is 0 Å². The molecule has 0 saturated heterocycles. The summed E-state index contributed by atoms with van der Waals surface area (Å²) in [4.78, 5) is 16.2. The Morgan fingerprint density at radius 2 is 2.05 bits per heavy atom. The molecule has 0 unspecified atom stereocenters. The lowest BCUT2D eigenvalue weighted by Crippen LogP contribution is -1.94. The zero-order chi connectivity index (χ0) is 12.5. The van der Waals surface area contributed by atoms with Gasteiger partial charge in [-0.05, 0) is 23.8 Å². The van der Waals surface area contributed by atoms with Crippen LogP contribution in [0.1, 0.15) is 21.5 Å². The van der Waals surface area contributed by atoms with Crippen molar-refractivity contribution in [3.8, 4) is 5.75 Å². The number of Topliss-reactive ketones (excluding diaryl/α,β-unsaturated/α-hetero) is 1. The monoisotopic (exact) mass is 273 g/mol.